The lowest BCUT2D eigenvalue weighted by molar-refractivity contribution is -0.116. The van der Waals surface area contributed by atoms with Crippen molar-refractivity contribution in [3.63, 3.8) is 0 Å². The number of benzene rings is 1. The number of nitrogens with zero attached hydrogens (tertiary/aromatic N) is 1. The standard InChI is InChI=1S/C19H26N4O/c20-16(14-8-6-3-7-9-14)12-19(24)21-18-13-17(22-23-18)15-10-4-1-2-5-11-15/h3,6-9,13,15-16H,1-2,4-5,10-12,20H2,(H2,21,22,23,24). The van der Waals surface area contributed by atoms with Crippen LogP contribution in [-0.2, 0) is 4.79 Å². The molecular weight excluding hydrogens is 300 g/mol. The van der Waals surface area contributed by atoms with Gasteiger partial charge in [0.05, 0.1) is 0 Å². The van der Waals surface area contributed by atoms with Crippen molar-refractivity contribution in [3.05, 3.63) is 47.7 Å². The molecule has 0 spiro atoms. The molecule has 4 N–H and O–H groups in total. The number of aromatic nitrogens is 2. The summed E-state index contributed by atoms with van der Waals surface area (Å²) in [5.74, 6) is 1.03. The highest BCUT2D eigenvalue weighted by Crippen LogP contribution is 2.31. The summed E-state index contributed by atoms with van der Waals surface area (Å²) in [6.07, 6.45) is 7.85. The Labute approximate surface area is 143 Å². The van der Waals surface area contributed by atoms with Gasteiger partial charge in [-0.1, -0.05) is 56.0 Å². The Balaban J connectivity index is 1.55. The molecule has 1 aromatic carbocycles. The molecule has 1 amide bonds. The SMILES string of the molecule is NC(CC(=O)Nc1cc(C2CCCCCC2)[nH]n1)c1ccccc1. The Morgan fingerprint density at radius 2 is 1.92 bits per heavy atom. The lowest BCUT2D eigenvalue weighted by Gasteiger charge is -2.11. The normalized spacial score (nSPS) is 17.2. The molecular formula is C19H26N4O. The molecule has 1 aliphatic carbocycles. The molecule has 24 heavy (non-hydrogen) atoms. The fraction of sp³-hybridized carbons (Fsp3) is 0.474. The highest BCUT2D eigenvalue weighted by Gasteiger charge is 2.18. The third kappa shape index (κ3) is 4.45. The van der Waals surface area contributed by atoms with Crippen molar-refractivity contribution in [2.75, 3.05) is 5.32 Å². The van der Waals surface area contributed by atoms with Gasteiger partial charge in [0.2, 0.25) is 5.91 Å². The van der Waals surface area contributed by atoms with Crippen LogP contribution < -0.4 is 11.1 Å². The second kappa shape index (κ2) is 8.11. The quantitative estimate of drug-likeness (QED) is 0.729. The van der Waals surface area contributed by atoms with E-state index in [9.17, 15) is 4.79 Å². The number of hydrogen-bond donors (Lipinski definition) is 3. The van der Waals surface area contributed by atoms with Crippen LogP contribution in [0.5, 0.6) is 0 Å². The molecule has 2 aromatic rings. The van der Waals surface area contributed by atoms with E-state index < -0.39 is 0 Å². The maximum absolute atomic E-state index is 12.2. The molecule has 1 aliphatic rings. The molecule has 0 saturated heterocycles. The zero-order valence-electron chi connectivity index (χ0n) is 14.0. The van der Waals surface area contributed by atoms with Crippen LogP contribution in [0.2, 0.25) is 0 Å². The van der Waals surface area contributed by atoms with E-state index in [4.69, 9.17) is 5.73 Å². The predicted molar refractivity (Wildman–Crippen MR) is 95.6 cm³/mol. The van der Waals surface area contributed by atoms with E-state index >= 15 is 0 Å². The minimum atomic E-state index is -0.300. The van der Waals surface area contributed by atoms with Gasteiger partial charge in [0.25, 0.3) is 0 Å². The lowest BCUT2D eigenvalue weighted by atomic mass is 9.97. The smallest absolute Gasteiger partial charge is 0.227 e. The van der Waals surface area contributed by atoms with Crippen LogP contribution in [0.3, 0.4) is 0 Å². The zero-order chi connectivity index (χ0) is 16.8. The molecule has 0 bridgehead atoms. The summed E-state index contributed by atoms with van der Waals surface area (Å²) in [5, 5.41) is 10.2. The van der Waals surface area contributed by atoms with Crippen molar-refractivity contribution in [1.29, 1.82) is 0 Å². The second-order valence-corrected chi connectivity index (χ2v) is 6.67. The van der Waals surface area contributed by atoms with Crippen LogP contribution in [0.15, 0.2) is 36.4 Å². The number of carbonyl (C=O) groups excluding carboxylic acids is 1. The van der Waals surface area contributed by atoms with E-state index in [1.165, 1.54) is 38.5 Å². The fourth-order valence-corrected chi connectivity index (χ4v) is 3.41. The van der Waals surface area contributed by atoms with Gasteiger partial charge in [-0.3, -0.25) is 9.89 Å². The topological polar surface area (TPSA) is 83.8 Å². The molecule has 1 heterocycles. The van der Waals surface area contributed by atoms with Gasteiger partial charge in [0, 0.05) is 30.1 Å². The lowest BCUT2D eigenvalue weighted by Crippen LogP contribution is -2.20. The summed E-state index contributed by atoms with van der Waals surface area (Å²) in [4.78, 5) is 12.2. The Hall–Kier alpha value is -2.14. The molecule has 5 heteroatoms. The number of carbonyl (C=O) groups is 1. The molecule has 1 saturated carbocycles. The molecule has 128 valence electrons. The highest BCUT2D eigenvalue weighted by atomic mass is 16.1. The van der Waals surface area contributed by atoms with E-state index in [0.29, 0.717) is 11.7 Å². The van der Waals surface area contributed by atoms with Crippen molar-refractivity contribution in [3.8, 4) is 0 Å². The molecule has 3 rings (SSSR count). The summed E-state index contributed by atoms with van der Waals surface area (Å²) in [6, 6.07) is 11.4. The van der Waals surface area contributed by atoms with Crippen molar-refractivity contribution in [2.45, 2.75) is 56.9 Å². The van der Waals surface area contributed by atoms with Crippen LogP contribution in [-0.4, -0.2) is 16.1 Å². The van der Waals surface area contributed by atoms with Gasteiger partial charge in [-0.15, -0.1) is 0 Å². The van der Waals surface area contributed by atoms with Gasteiger partial charge in [-0.2, -0.15) is 5.10 Å². The van der Waals surface area contributed by atoms with E-state index in [1.807, 2.05) is 36.4 Å². The first-order valence-corrected chi connectivity index (χ1v) is 8.88. The molecule has 1 aromatic heterocycles. The first-order valence-electron chi connectivity index (χ1n) is 8.88. The number of rotatable bonds is 5. The molecule has 1 fully saturated rings. The largest absolute Gasteiger partial charge is 0.324 e. The monoisotopic (exact) mass is 326 g/mol. The van der Waals surface area contributed by atoms with Crippen molar-refractivity contribution < 1.29 is 4.79 Å². The van der Waals surface area contributed by atoms with Crippen molar-refractivity contribution >= 4 is 11.7 Å². The first-order chi connectivity index (χ1) is 11.7. The maximum Gasteiger partial charge on any atom is 0.227 e. The summed E-state index contributed by atoms with van der Waals surface area (Å²) >= 11 is 0. The Bertz CT molecular complexity index is 644. The molecule has 0 aliphatic heterocycles. The van der Waals surface area contributed by atoms with Gasteiger partial charge >= 0.3 is 0 Å². The Morgan fingerprint density at radius 3 is 2.62 bits per heavy atom. The summed E-state index contributed by atoms with van der Waals surface area (Å²) < 4.78 is 0. The Morgan fingerprint density at radius 1 is 1.21 bits per heavy atom. The zero-order valence-corrected chi connectivity index (χ0v) is 14.0. The van der Waals surface area contributed by atoms with Gasteiger partial charge < -0.3 is 11.1 Å². The van der Waals surface area contributed by atoms with Crippen LogP contribution in [0.4, 0.5) is 5.82 Å². The number of hydrogen-bond acceptors (Lipinski definition) is 3. The van der Waals surface area contributed by atoms with Gasteiger partial charge in [0.15, 0.2) is 5.82 Å². The van der Waals surface area contributed by atoms with E-state index in [2.05, 4.69) is 15.5 Å². The van der Waals surface area contributed by atoms with Crippen LogP contribution in [0, 0.1) is 0 Å². The number of amides is 1. The summed E-state index contributed by atoms with van der Waals surface area (Å²) in [6.45, 7) is 0. The number of aromatic amines is 1. The second-order valence-electron chi connectivity index (χ2n) is 6.67. The third-order valence-corrected chi connectivity index (χ3v) is 4.79. The van der Waals surface area contributed by atoms with E-state index in [1.54, 1.807) is 0 Å². The predicted octanol–water partition coefficient (Wildman–Crippen LogP) is 3.88. The first kappa shape index (κ1) is 16.7. The maximum atomic E-state index is 12.2. The van der Waals surface area contributed by atoms with Crippen LogP contribution in [0.25, 0.3) is 0 Å². The number of H-pyrrole nitrogens is 1. The Kier molecular flexibility index (Phi) is 5.64. The van der Waals surface area contributed by atoms with Crippen molar-refractivity contribution in [1.82, 2.24) is 10.2 Å². The van der Waals surface area contributed by atoms with Gasteiger partial charge in [-0.05, 0) is 18.4 Å². The highest BCUT2D eigenvalue weighted by molar-refractivity contribution is 5.90. The third-order valence-electron chi connectivity index (χ3n) is 4.79. The fourth-order valence-electron chi connectivity index (χ4n) is 3.41. The average molecular weight is 326 g/mol. The van der Waals surface area contributed by atoms with E-state index in [-0.39, 0.29) is 18.4 Å². The average Bonchev–Trinajstić information content (AvgIpc) is 2.88. The molecule has 1 atom stereocenters. The van der Waals surface area contributed by atoms with Crippen LogP contribution in [0.1, 0.15) is 68.2 Å². The molecule has 0 radical (unpaired) electrons. The van der Waals surface area contributed by atoms with E-state index in [0.717, 1.165) is 11.3 Å². The summed E-state index contributed by atoms with van der Waals surface area (Å²) in [5.41, 5.74) is 8.20. The number of anilines is 1. The van der Waals surface area contributed by atoms with Gasteiger partial charge in [-0.25, -0.2) is 0 Å². The van der Waals surface area contributed by atoms with Crippen LogP contribution >= 0.6 is 0 Å². The minimum absolute atomic E-state index is 0.106. The summed E-state index contributed by atoms with van der Waals surface area (Å²) in [7, 11) is 0. The molecule has 1 unspecified atom stereocenters. The minimum Gasteiger partial charge on any atom is -0.324 e. The van der Waals surface area contributed by atoms with Crippen molar-refractivity contribution in [2.24, 2.45) is 5.73 Å². The molecule has 5 nitrogen and oxygen atoms in total. The number of nitrogens with two attached hydrogens (primary N) is 1. The number of nitrogens with one attached hydrogen (secondary N) is 2. The van der Waals surface area contributed by atoms with Gasteiger partial charge in [0.1, 0.15) is 0 Å².